The largest absolute Gasteiger partial charge is 0.447 e. The van der Waals surface area contributed by atoms with Gasteiger partial charge in [-0.15, -0.1) is 0 Å². The van der Waals surface area contributed by atoms with Gasteiger partial charge in [-0.1, -0.05) is 0 Å². The van der Waals surface area contributed by atoms with Gasteiger partial charge in [-0.3, -0.25) is 0 Å². The number of rotatable bonds is 4. The van der Waals surface area contributed by atoms with Gasteiger partial charge in [0.15, 0.2) is 11.6 Å². The quantitative estimate of drug-likeness (QED) is 0.802. The van der Waals surface area contributed by atoms with Crippen LogP contribution in [0.15, 0.2) is 12.1 Å². The minimum absolute atomic E-state index is 0.0685. The number of hydrogen-bond acceptors (Lipinski definition) is 5. The molecule has 0 radical (unpaired) electrons. The fourth-order valence-corrected chi connectivity index (χ4v) is 3.33. The van der Waals surface area contributed by atoms with Crippen molar-refractivity contribution in [2.24, 2.45) is 0 Å². The van der Waals surface area contributed by atoms with Crippen LogP contribution in [0.4, 0.5) is 22.8 Å². The number of halogens is 3. The first kappa shape index (κ1) is 17.9. The predicted octanol–water partition coefficient (Wildman–Crippen LogP) is 2.08. The van der Waals surface area contributed by atoms with Gasteiger partial charge in [0, 0.05) is 24.5 Å². The van der Waals surface area contributed by atoms with Crippen LogP contribution in [0.2, 0.25) is 0 Å². The highest BCUT2D eigenvalue weighted by molar-refractivity contribution is 5.74. The summed E-state index contributed by atoms with van der Waals surface area (Å²) in [6, 6.07) is 1.25. The van der Waals surface area contributed by atoms with E-state index in [1.54, 1.807) is 0 Å². The van der Waals surface area contributed by atoms with E-state index in [2.05, 4.69) is 5.32 Å². The van der Waals surface area contributed by atoms with Crippen molar-refractivity contribution in [2.45, 2.75) is 37.2 Å². The minimum atomic E-state index is -1.25. The molecule has 2 heterocycles. The average molecular weight is 386 g/mol. The van der Waals surface area contributed by atoms with Gasteiger partial charge in [-0.05, 0) is 6.07 Å². The number of hydrogen-bond donors (Lipinski definition) is 1. The molecule has 1 N–H and O–H groups in total. The van der Waals surface area contributed by atoms with E-state index in [9.17, 15) is 22.8 Å². The van der Waals surface area contributed by atoms with E-state index in [1.165, 1.54) is 4.90 Å². The summed E-state index contributed by atoms with van der Waals surface area (Å²) in [6.45, 7) is 0.706. The van der Waals surface area contributed by atoms with E-state index in [4.69, 9.17) is 14.2 Å². The fraction of sp³-hybridized carbons (Fsp3) is 0.529. The third-order valence-electron chi connectivity index (χ3n) is 4.97. The lowest BCUT2D eigenvalue weighted by atomic mass is 9.91. The van der Waals surface area contributed by atoms with Crippen LogP contribution in [0.5, 0.6) is 0 Å². The summed E-state index contributed by atoms with van der Waals surface area (Å²) < 4.78 is 55.2. The SMILES string of the molecule is O=C1NC2(CO1)CN(C(=O)OC1CC(OCc3cc(F)c(F)cc3F)C1)C2. The number of benzene rings is 1. The van der Waals surface area contributed by atoms with Crippen molar-refractivity contribution >= 4 is 12.2 Å². The molecule has 0 bridgehead atoms. The van der Waals surface area contributed by atoms with Gasteiger partial charge in [-0.25, -0.2) is 22.8 Å². The van der Waals surface area contributed by atoms with E-state index in [1.807, 2.05) is 0 Å². The molecule has 3 fully saturated rings. The molecule has 7 nitrogen and oxygen atoms in total. The van der Waals surface area contributed by atoms with Gasteiger partial charge in [0.1, 0.15) is 24.1 Å². The topological polar surface area (TPSA) is 77.1 Å². The van der Waals surface area contributed by atoms with Crippen molar-refractivity contribution in [1.82, 2.24) is 10.2 Å². The molecule has 10 heteroatoms. The Morgan fingerprint density at radius 3 is 2.56 bits per heavy atom. The second-order valence-electron chi connectivity index (χ2n) is 7.11. The number of cyclic esters (lactones) is 1. The summed E-state index contributed by atoms with van der Waals surface area (Å²) >= 11 is 0. The van der Waals surface area contributed by atoms with Crippen LogP contribution in [0.25, 0.3) is 0 Å². The Balaban J connectivity index is 1.17. The van der Waals surface area contributed by atoms with Gasteiger partial charge in [0.2, 0.25) is 0 Å². The molecule has 1 aromatic carbocycles. The fourth-order valence-electron chi connectivity index (χ4n) is 3.33. The van der Waals surface area contributed by atoms with Crippen molar-refractivity contribution in [1.29, 1.82) is 0 Å². The van der Waals surface area contributed by atoms with Crippen LogP contribution in [0.1, 0.15) is 18.4 Å². The lowest BCUT2D eigenvalue weighted by Gasteiger charge is -2.46. The average Bonchev–Trinajstić information content (AvgIpc) is 2.94. The van der Waals surface area contributed by atoms with Crippen LogP contribution in [0.3, 0.4) is 0 Å². The molecule has 3 aliphatic rings. The van der Waals surface area contributed by atoms with Crippen molar-refractivity contribution in [3.8, 4) is 0 Å². The summed E-state index contributed by atoms with van der Waals surface area (Å²) in [5.41, 5.74) is -0.573. The van der Waals surface area contributed by atoms with Crippen LogP contribution in [-0.2, 0) is 20.8 Å². The van der Waals surface area contributed by atoms with Gasteiger partial charge in [0.05, 0.1) is 25.8 Å². The van der Waals surface area contributed by atoms with Gasteiger partial charge < -0.3 is 24.4 Å². The Morgan fingerprint density at radius 1 is 1.19 bits per heavy atom. The van der Waals surface area contributed by atoms with Crippen molar-refractivity contribution in [2.75, 3.05) is 19.7 Å². The van der Waals surface area contributed by atoms with E-state index in [0.717, 1.165) is 6.07 Å². The summed E-state index contributed by atoms with van der Waals surface area (Å²) in [4.78, 5) is 24.6. The number of carbonyl (C=O) groups is 2. The van der Waals surface area contributed by atoms with E-state index >= 15 is 0 Å². The Labute approximate surface area is 152 Å². The molecule has 27 heavy (non-hydrogen) atoms. The number of carbonyl (C=O) groups excluding carboxylic acids is 2. The van der Waals surface area contributed by atoms with E-state index < -0.39 is 35.2 Å². The zero-order valence-corrected chi connectivity index (χ0v) is 14.2. The highest BCUT2D eigenvalue weighted by Crippen LogP contribution is 2.31. The number of amides is 2. The number of alkyl carbamates (subject to hydrolysis) is 1. The zero-order chi connectivity index (χ0) is 19.2. The Morgan fingerprint density at radius 2 is 1.89 bits per heavy atom. The lowest BCUT2D eigenvalue weighted by molar-refractivity contribution is -0.0932. The summed E-state index contributed by atoms with van der Waals surface area (Å²) in [7, 11) is 0. The third-order valence-corrected chi connectivity index (χ3v) is 4.97. The molecule has 0 unspecified atom stereocenters. The first-order chi connectivity index (χ1) is 12.8. The smallest absolute Gasteiger partial charge is 0.410 e. The maximum atomic E-state index is 13.5. The molecule has 0 atom stereocenters. The molecular weight excluding hydrogens is 369 g/mol. The number of nitrogens with zero attached hydrogens (tertiary/aromatic N) is 1. The van der Waals surface area contributed by atoms with Crippen LogP contribution in [-0.4, -0.2) is 54.5 Å². The van der Waals surface area contributed by atoms with Crippen molar-refractivity contribution in [3.63, 3.8) is 0 Å². The molecule has 1 aliphatic carbocycles. The monoisotopic (exact) mass is 386 g/mol. The van der Waals surface area contributed by atoms with Crippen molar-refractivity contribution < 1.29 is 37.0 Å². The molecule has 2 saturated heterocycles. The summed E-state index contributed by atoms with van der Waals surface area (Å²) in [5, 5.41) is 2.67. The summed E-state index contributed by atoms with van der Waals surface area (Å²) in [6.07, 6.45) is -0.647. The molecule has 0 aromatic heterocycles. The maximum Gasteiger partial charge on any atom is 0.410 e. The van der Waals surface area contributed by atoms with Crippen molar-refractivity contribution in [3.05, 3.63) is 35.1 Å². The van der Waals surface area contributed by atoms with Crippen LogP contribution >= 0.6 is 0 Å². The lowest BCUT2D eigenvalue weighted by Crippen LogP contribution is -2.70. The zero-order valence-electron chi connectivity index (χ0n) is 14.2. The number of ether oxygens (including phenoxy) is 3. The Hall–Kier alpha value is -2.49. The van der Waals surface area contributed by atoms with Gasteiger partial charge in [-0.2, -0.15) is 0 Å². The van der Waals surface area contributed by atoms with E-state index in [0.29, 0.717) is 32.0 Å². The first-order valence-corrected chi connectivity index (χ1v) is 8.49. The highest BCUT2D eigenvalue weighted by Gasteiger charge is 2.52. The molecule has 2 aliphatic heterocycles. The van der Waals surface area contributed by atoms with Gasteiger partial charge in [0.25, 0.3) is 0 Å². The second-order valence-corrected chi connectivity index (χ2v) is 7.11. The van der Waals surface area contributed by atoms with Crippen LogP contribution in [0, 0.1) is 17.5 Å². The predicted molar refractivity (Wildman–Crippen MR) is 83.2 cm³/mol. The minimum Gasteiger partial charge on any atom is -0.447 e. The molecular formula is C17H17F3N2O5. The summed E-state index contributed by atoms with van der Waals surface area (Å²) in [5.74, 6) is -3.25. The van der Waals surface area contributed by atoms with Gasteiger partial charge >= 0.3 is 12.2 Å². The molecule has 1 saturated carbocycles. The van der Waals surface area contributed by atoms with E-state index in [-0.39, 0.29) is 31.0 Å². The molecule has 1 aromatic rings. The standard InChI is InChI=1S/C17H17F3N2O5/c18-12-4-14(20)13(19)1-9(12)5-25-10-2-11(3-10)27-16(24)22-6-17(7-22)8-26-15(23)21-17/h1,4,10-11H,2-3,5-8H2,(H,21,23). The number of nitrogens with one attached hydrogen (secondary N) is 1. The van der Waals surface area contributed by atoms with Crippen LogP contribution < -0.4 is 5.32 Å². The first-order valence-electron chi connectivity index (χ1n) is 8.49. The maximum absolute atomic E-state index is 13.5. The third kappa shape index (κ3) is 3.53. The molecule has 4 rings (SSSR count). The molecule has 2 amide bonds. The Bertz CT molecular complexity index is 778. The Kier molecular flexibility index (Phi) is 4.37. The number of likely N-dealkylation sites (tertiary alicyclic amines) is 1. The molecule has 1 spiro atoms. The highest BCUT2D eigenvalue weighted by atomic mass is 19.2. The second kappa shape index (κ2) is 6.59. The molecule has 146 valence electrons. The normalized spacial score (nSPS) is 25.4.